The number of ether oxygens (including phenoxy) is 1. The van der Waals surface area contributed by atoms with E-state index in [1.54, 1.807) is 30.2 Å². The Morgan fingerprint density at radius 3 is 2.95 bits per heavy atom. The van der Waals surface area contributed by atoms with E-state index in [9.17, 15) is 0 Å². The highest BCUT2D eigenvalue weighted by atomic mass is 32.2. The van der Waals surface area contributed by atoms with E-state index in [2.05, 4.69) is 21.4 Å². The van der Waals surface area contributed by atoms with Gasteiger partial charge in [0.1, 0.15) is 15.6 Å². The Kier molecular flexibility index (Phi) is 3.75. The number of nitrogens with zero attached hydrogens (tertiary/aromatic N) is 2. The molecule has 20 heavy (non-hydrogen) atoms. The Morgan fingerprint density at radius 2 is 2.15 bits per heavy atom. The molecule has 1 N–H and O–H groups in total. The minimum absolute atomic E-state index is 0.644. The lowest BCUT2D eigenvalue weighted by molar-refractivity contribution is 0.413. The van der Waals surface area contributed by atoms with E-state index in [4.69, 9.17) is 4.74 Å². The highest BCUT2D eigenvalue weighted by Crippen LogP contribution is 2.35. The zero-order valence-corrected chi connectivity index (χ0v) is 12.7. The molecule has 0 saturated heterocycles. The summed E-state index contributed by atoms with van der Waals surface area (Å²) in [5.41, 5.74) is 0. The van der Waals surface area contributed by atoms with E-state index in [1.165, 1.54) is 0 Å². The van der Waals surface area contributed by atoms with Crippen molar-refractivity contribution in [2.75, 3.05) is 19.5 Å². The monoisotopic (exact) mass is 303 g/mol. The van der Waals surface area contributed by atoms with Gasteiger partial charge in [0, 0.05) is 17.3 Å². The fraction of sp³-hybridized carbons (Fsp3) is 0.143. The number of aromatic nitrogens is 2. The fourth-order valence-electron chi connectivity index (χ4n) is 1.79. The third-order valence-corrected chi connectivity index (χ3v) is 4.57. The van der Waals surface area contributed by atoms with Crippen LogP contribution in [0.5, 0.6) is 5.75 Å². The van der Waals surface area contributed by atoms with Crippen LogP contribution < -0.4 is 10.1 Å². The normalized spacial score (nSPS) is 10.7. The van der Waals surface area contributed by atoms with Crippen LogP contribution in [-0.4, -0.2) is 24.1 Å². The molecule has 6 heteroatoms. The second-order valence-electron chi connectivity index (χ2n) is 4.02. The molecule has 0 aliphatic carbocycles. The average molecular weight is 303 g/mol. The van der Waals surface area contributed by atoms with Gasteiger partial charge in [0.05, 0.1) is 7.11 Å². The first kappa shape index (κ1) is 13.2. The smallest absolute Gasteiger partial charge is 0.224 e. The summed E-state index contributed by atoms with van der Waals surface area (Å²) in [4.78, 5) is 11.1. The molecule has 0 aliphatic heterocycles. The molecule has 0 aliphatic rings. The summed E-state index contributed by atoms with van der Waals surface area (Å²) in [5.74, 6) is 1.49. The van der Waals surface area contributed by atoms with Gasteiger partial charge in [-0.25, -0.2) is 9.97 Å². The summed E-state index contributed by atoms with van der Waals surface area (Å²) < 4.78 is 5.25. The second-order valence-corrected chi connectivity index (χ2v) is 5.98. The molecule has 4 nitrogen and oxygen atoms in total. The molecular weight excluding hydrogens is 290 g/mol. The highest BCUT2D eigenvalue weighted by molar-refractivity contribution is 7.99. The zero-order chi connectivity index (χ0) is 13.9. The van der Waals surface area contributed by atoms with Crippen LogP contribution in [0.25, 0.3) is 10.2 Å². The van der Waals surface area contributed by atoms with E-state index in [-0.39, 0.29) is 0 Å². The Labute approximate surface area is 125 Å². The van der Waals surface area contributed by atoms with Gasteiger partial charge in [-0.15, -0.1) is 11.3 Å². The first-order chi connectivity index (χ1) is 9.80. The third kappa shape index (κ3) is 2.57. The van der Waals surface area contributed by atoms with Crippen LogP contribution in [-0.2, 0) is 0 Å². The number of anilines is 1. The average Bonchev–Trinajstić information content (AvgIpc) is 2.96. The topological polar surface area (TPSA) is 47.0 Å². The molecule has 1 aromatic carbocycles. The van der Waals surface area contributed by atoms with Crippen molar-refractivity contribution in [3.63, 3.8) is 0 Å². The summed E-state index contributed by atoms with van der Waals surface area (Å²) in [6.07, 6.45) is 0. The maximum absolute atomic E-state index is 5.25. The molecule has 0 saturated carbocycles. The molecule has 3 rings (SSSR count). The van der Waals surface area contributed by atoms with Crippen molar-refractivity contribution >= 4 is 39.3 Å². The predicted molar refractivity (Wildman–Crippen MR) is 84.1 cm³/mol. The summed E-state index contributed by atoms with van der Waals surface area (Å²) >= 11 is 3.24. The van der Waals surface area contributed by atoms with Gasteiger partial charge >= 0.3 is 0 Å². The lowest BCUT2D eigenvalue weighted by Gasteiger charge is -2.06. The number of hydrogen-bond donors (Lipinski definition) is 1. The molecular formula is C14H13N3OS2. The molecule has 0 fully saturated rings. The van der Waals surface area contributed by atoms with Gasteiger partial charge in [-0.2, -0.15) is 0 Å². The van der Waals surface area contributed by atoms with Gasteiger partial charge < -0.3 is 10.1 Å². The van der Waals surface area contributed by atoms with E-state index in [1.807, 2.05) is 36.7 Å². The van der Waals surface area contributed by atoms with Gasteiger partial charge in [-0.05, 0) is 29.6 Å². The van der Waals surface area contributed by atoms with Gasteiger partial charge in [0.25, 0.3) is 0 Å². The van der Waals surface area contributed by atoms with Crippen LogP contribution >= 0.6 is 23.1 Å². The Bertz CT molecular complexity index is 742. The number of hydrogen-bond acceptors (Lipinski definition) is 6. The van der Waals surface area contributed by atoms with Crippen molar-refractivity contribution in [1.82, 2.24) is 9.97 Å². The van der Waals surface area contributed by atoms with Gasteiger partial charge in [-0.3, -0.25) is 0 Å². The molecule has 2 aromatic heterocycles. The number of nitrogens with one attached hydrogen (secondary N) is 1. The minimum Gasteiger partial charge on any atom is -0.497 e. The lowest BCUT2D eigenvalue weighted by Crippen LogP contribution is -1.96. The van der Waals surface area contributed by atoms with Crippen molar-refractivity contribution in [2.45, 2.75) is 9.92 Å². The molecule has 3 aromatic rings. The van der Waals surface area contributed by atoms with Crippen LogP contribution in [0, 0.1) is 0 Å². The van der Waals surface area contributed by atoms with Crippen molar-refractivity contribution in [1.29, 1.82) is 0 Å². The van der Waals surface area contributed by atoms with E-state index in [0.29, 0.717) is 5.95 Å². The summed E-state index contributed by atoms with van der Waals surface area (Å²) in [7, 11) is 3.50. The van der Waals surface area contributed by atoms with Crippen LogP contribution in [0.3, 0.4) is 0 Å². The molecule has 0 radical (unpaired) electrons. The lowest BCUT2D eigenvalue weighted by atomic mass is 10.3. The number of thiophene rings is 1. The molecule has 0 amide bonds. The van der Waals surface area contributed by atoms with Gasteiger partial charge in [0.2, 0.25) is 5.95 Å². The molecule has 0 unspecified atom stereocenters. The van der Waals surface area contributed by atoms with E-state index in [0.717, 1.165) is 25.9 Å². The van der Waals surface area contributed by atoms with Crippen LogP contribution in [0.2, 0.25) is 0 Å². The Balaban J connectivity index is 2.02. The highest BCUT2D eigenvalue weighted by Gasteiger charge is 2.10. The fourth-order valence-corrected chi connectivity index (χ4v) is 3.57. The van der Waals surface area contributed by atoms with Crippen LogP contribution in [0.15, 0.2) is 45.6 Å². The zero-order valence-electron chi connectivity index (χ0n) is 11.1. The number of fused-ring (bicyclic) bond motifs is 1. The minimum atomic E-state index is 0.644. The molecule has 0 atom stereocenters. The predicted octanol–water partition coefficient (Wildman–Crippen LogP) is 3.89. The standard InChI is InChI=1S/C14H13N3OS2/c1-15-14-16-12-11(6-7-19-12)13(17-14)20-10-5-3-4-9(8-10)18-2/h3-8H,1-2H3,(H,15,16,17). The largest absolute Gasteiger partial charge is 0.497 e. The quantitative estimate of drug-likeness (QED) is 0.741. The second kappa shape index (κ2) is 5.68. The van der Waals surface area contributed by atoms with Gasteiger partial charge in [0.15, 0.2) is 0 Å². The summed E-state index contributed by atoms with van der Waals surface area (Å²) in [6, 6.07) is 10.0. The van der Waals surface area contributed by atoms with Crippen LogP contribution in [0.1, 0.15) is 0 Å². The summed E-state index contributed by atoms with van der Waals surface area (Å²) in [6.45, 7) is 0. The Hall–Kier alpha value is -1.79. The number of methoxy groups -OCH3 is 1. The maximum Gasteiger partial charge on any atom is 0.224 e. The molecule has 0 spiro atoms. The van der Waals surface area contributed by atoms with E-state index >= 15 is 0 Å². The van der Waals surface area contributed by atoms with Crippen molar-refractivity contribution in [3.8, 4) is 5.75 Å². The van der Waals surface area contributed by atoms with E-state index < -0.39 is 0 Å². The number of rotatable bonds is 4. The van der Waals surface area contributed by atoms with Gasteiger partial charge in [-0.1, -0.05) is 17.8 Å². The van der Waals surface area contributed by atoms with Crippen LogP contribution in [0.4, 0.5) is 5.95 Å². The molecule has 2 heterocycles. The Morgan fingerprint density at radius 1 is 1.25 bits per heavy atom. The number of benzene rings is 1. The molecule has 102 valence electrons. The molecule has 0 bridgehead atoms. The SMILES string of the molecule is CNc1nc(Sc2cccc(OC)c2)c2ccsc2n1. The summed E-state index contributed by atoms with van der Waals surface area (Å²) in [5, 5.41) is 7.08. The van der Waals surface area contributed by atoms with Crippen molar-refractivity contribution in [3.05, 3.63) is 35.7 Å². The first-order valence-electron chi connectivity index (χ1n) is 6.05. The van der Waals surface area contributed by atoms with Crippen molar-refractivity contribution in [2.24, 2.45) is 0 Å². The van der Waals surface area contributed by atoms with Crippen molar-refractivity contribution < 1.29 is 4.74 Å². The maximum atomic E-state index is 5.25. The third-order valence-electron chi connectivity index (χ3n) is 2.77. The first-order valence-corrected chi connectivity index (χ1v) is 7.74.